The first kappa shape index (κ1) is 38.2. The number of aliphatic imine (C=N–C) groups is 1. The molecule has 4 fully saturated rings. The van der Waals surface area contributed by atoms with Gasteiger partial charge in [0.05, 0.1) is 23.3 Å². The Hall–Kier alpha value is -5.65. The molecule has 1 saturated carbocycles. The second-order valence-electron chi connectivity index (χ2n) is 15.5. The lowest BCUT2D eigenvalue weighted by Crippen LogP contribution is -2.88. The molecule has 4 aromatic rings. The number of nitrogens with zero attached hydrogens (tertiary/aromatic N) is 6. The maximum atomic E-state index is 15.5. The molecule has 3 saturated heterocycles. The fourth-order valence-electron chi connectivity index (χ4n) is 8.71. The Kier molecular flexibility index (Phi) is 9.44. The first-order valence-electron chi connectivity index (χ1n) is 18.7. The van der Waals surface area contributed by atoms with Gasteiger partial charge in [-0.25, -0.2) is 18.6 Å². The van der Waals surface area contributed by atoms with E-state index in [2.05, 4.69) is 20.5 Å². The van der Waals surface area contributed by atoms with Crippen LogP contribution >= 0.6 is 0 Å². The number of benzene rings is 2. The Morgan fingerprint density at radius 1 is 1.02 bits per heavy atom. The highest BCUT2D eigenvalue weighted by atomic mass is 19.4. The molecule has 300 valence electrons. The summed E-state index contributed by atoms with van der Waals surface area (Å²) in [5.41, 5.74) is 5.39. The van der Waals surface area contributed by atoms with E-state index in [1.54, 1.807) is 48.5 Å². The van der Waals surface area contributed by atoms with Crippen molar-refractivity contribution in [1.82, 2.24) is 24.3 Å². The Labute approximate surface area is 322 Å². The number of hydrogen-bond donors (Lipinski definition) is 3. The number of rotatable bonds is 8. The summed E-state index contributed by atoms with van der Waals surface area (Å²) < 4.78 is 73.0. The Bertz CT molecular complexity index is 2360. The number of alkyl halides is 5. The largest absolute Gasteiger partial charge is 0.433 e. The van der Waals surface area contributed by atoms with Crippen molar-refractivity contribution in [3.05, 3.63) is 82.0 Å². The van der Waals surface area contributed by atoms with E-state index in [1.807, 2.05) is 0 Å². The lowest BCUT2D eigenvalue weighted by molar-refractivity contribution is -0.186. The first-order valence-corrected chi connectivity index (χ1v) is 18.7. The molecular weight excluding hydrogens is 753 g/mol. The van der Waals surface area contributed by atoms with Crippen molar-refractivity contribution in [2.24, 2.45) is 18.0 Å². The molecule has 0 bridgehead atoms. The van der Waals surface area contributed by atoms with Gasteiger partial charge < -0.3 is 16.0 Å². The highest BCUT2D eigenvalue weighted by Crippen LogP contribution is 2.53. The second-order valence-corrected chi connectivity index (χ2v) is 15.5. The summed E-state index contributed by atoms with van der Waals surface area (Å²) in [6.45, 7) is 0.484. The van der Waals surface area contributed by atoms with Gasteiger partial charge in [0.25, 0.3) is 11.8 Å². The molecular formula is C39H40F5N9O4. The molecule has 3 amide bonds. The number of imide groups is 1. The summed E-state index contributed by atoms with van der Waals surface area (Å²) >= 11 is 0. The Morgan fingerprint density at radius 3 is 2.46 bits per heavy atom. The van der Waals surface area contributed by atoms with E-state index < -0.39 is 59.3 Å². The quantitative estimate of drug-likeness (QED) is 0.0998. The molecule has 4 aliphatic rings. The van der Waals surface area contributed by atoms with Gasteiger partial charge >= 0.3 is 11.9 Å². The van der Waals surface area contributed by atoms with E-state index in [0.29, 0.717) is 40.2 Å². The van der Waals surface area contributed by atoms with Crippen LogP contribution in [-0.4, -0.2) is 86.6 Å². The number of nitrogens with one attached hydrogen (secondary N) is 2. The number of aryl methyl sites for hydroxylation is 1. The van der Waals surface area contributed by atoms with Crippen molar-refractivity contribution < 1.29 is 36.3 Å². The normalized spacial score (nSPS) is 23.4. The number of nitrogen functional groups attached to an aromatic ring is 1. The number of fused-ring (bicyclic) bond motifs is 1. The van der Waals surface area contributed by atoms with Gasteiger partial charge in [0.1, 0.15) is 23.0 Å². The van der Waals surface area contributed by atoms with Crippen LogP contribution in [0.25, 0.3) is 11.0 Å². The number of halogens is 5. The molecule has 2 aromatic heterocycles. The molecule has 5 heterocycles. The second kappa shape index (κ2) is 14.1. The Balaban J connectivity index is 0.880. The highest BCUT2D eigenvalue weighted by molar-refractivity contribution is 6.04. The number of carbonyl (C=O) groups is 3. The number of amides is 3. The van der Waals surface area contributed by atoms with Gasteiger partial charge in [-0.2, -0.15) is 13.2 Å². The van der Waals surface area contributed by atoms with Crippen molar-refractivity contribution >= 4 is 52.0 Å². The van der Waals surface area contributed by atoms with Gasteiger partial charge in [-0.05, 0) is 80.5 Å². The zero-order chi connectivity index (χ0) is 40.4. The zero-order valence-electron chi connectivity index (χ0n) is 30.9. The van der Waals surface area contributed by atoms with Crippen LogP contribution < -0.4 is 27.0 Å². The predicted octanol–water partition coefficient (Wildman–Crippen LogP) is 4.75. The fraction of sp³-hybridized carbons (Fsp3) is 0.436. The molecule has 1 spiro atoms. The van der Waals surface area contributed by atoms with Crippen LogP contribution in [0.3, 0.4) is 0 Å². The molecule has 4 N–H and O–H groups in total. The molecule has 1 unspecified atom stereocenters. The van der Waals surface area contributed by atoms with E-state index in [0.717, 1.165) is 37.8 Å². The van der Waals surface area contributed by atoms with E-state index >= 15 is 8.78 Å². The molecule has 13 nitrogen and oxygen atoms in total. The number of carbonyl (C=O) groups excluding carboxylic acids is 3. The number of likely N-dealkylation sites (tertiary alicyclic amines) is 1. The van der Waals surface area contributed by atoms with Gasteiger partial charge in [0, 0.05) is 62.3 Å². The fourth-order valence-corrected chi connectivity index (χ4v) is 8.71. The average molecular weight is 794 g/mol. The Morgan fingerprint density at radius 2 is 1.75 bits per heavy atom. The number of aromatic nitrogens is 3. The molecule has 2 aromatic carbocycles. The van der Waals surface area contributed by atoms with Crippen molar-refractivity contribution in [3.8, 4) is 0 Å². The number of piperidine rings is 1. The van der Waals surface area contributed by atoms with Crippen molar-refractivity contribution in [3.63, 3.8) is 0 Å². The minimum Gasteiger partial charge on any atom is -0.398 e. The summed E-state index contributed by atoms with van der Waals surface area (Å²) in [5, 5.41) is 4.85. The van der Waals surface area contributed by atoms with Gasteiger partial charge in [0.15, 0.2) is 0 Å². The predicted molar refractivity (Wildman–Crippen MR) is 201 cm³/mol. The van der Waals surface area contributed by atoms with Crippen LogP contribution in [0.4, 0.5) is 39.0 Å². The minimum atomic E-state index is -4.69. The molecule has 1 atom stereocenters. The van der Waals surface area contributed by atoms with Gasteiger partial charge in [-0.1, -0.05) is 12.1 Å². The summed E-state index contributed by atoms with van der Waals surface area (Å²) in [5.74, 6) is -4.43. The molecule has 57 heavy (non-hydrogen) atoms. The van der Waals surface area contributed by atoms with Gasteiger partial charge in [0.2, 0.25) is 11.8 Å². The number of para-hydroxylation sites is 1. The van der Waals surface area contributed by atoms with Crippen LogP contribution in [0.2, 0.25) is 0 Å². The monoisotopic (exact) mass is 793 g/mol. The van der Waals surface area contributed by atoms with E-state index in [4.69, 9.17) is 10.7 Å². The minimum absolute atomic E-state index is 0.00186. The molecule has 3 aliphatic heterocycles. The first-order chi connectivity index (χ1) is 27.0. The lowest BCUT2D eigenvalue weighted by atomic mass is 9.72. The van der Waals surface area contributed by atoms with Crippen LogP contribution in [0.5, 0.6) is 0 Å². The number of pyridine rings is 1. The average Bonchev–Trinajstić information content (AvgIpc) is 3.41. The third-order valence-electron chi connectivity index (χ3n) is 11.8. The maximum Gasteiger partial charge on any atom is 0.433 e. The topological polar surface area (TPSA) is 160 Å². The van der Waals surface area contributed by atoms with Crippen LogP contribution in [0, 0.1) is 5.92 Å². The van der Waals surface area contributed by atoms with Crippen LogP contribution in [0.1, 0.15) is 66.3 Å². The third-order valence-corrected chi connectivity index (χ3v) is 11.8. The number of anilines is 3. The third kappa shape index (κ3) is 6.82. The molecule has 1 aliphatic carbocycles. The van der Waals surface area contributed by atoms with Gasteiger partial charge in [-0.3, -0.25) is 38.7 Å². The summed E-state index contributed by atoms with van der Waals surface area (Å²) in [7, 11) is 1.56. The molecule has 18 heteroatoms. The standard InChI is InChI=1S/C39H40F5N9O4/c1-50-33-28(5-3-6-29(33)53(36(50)57)30-14-15-32(54)49-35(30)56)52-21-38(40,41)37(52)19-51(20-37)18-22-8-10-24(11-9-22)46-17-23-16-25(12-13-26(23)45)47-34(55)27-4-2-7-31(48-27)39(42,43)44/h2-7,12-13,16-17,22,24,30H,8-11,14-15,18-21,45H2,1H3,(H,47,55)(H,49,54,56). The van der Waals surface area contributed by atoms with Crippen molar-refractivity contribution in [2.45, 2.75) is 68.2 Å². The maximum absolute atomic E-state index is 15.5. The lowest BCUT2D eigenvalue weighted by Gasteiger charge is -2.67. The molecule has 8 rings (SSSR count). The van der Waals surface area contributed by atoms with Crippen molar-refractivity contribution in [1.29, 1.82) is 0 Å². The van der Waals surface area contributed by atoms with E-state index in [1.165, 1.54) is 21.3 Å². The number of imidazole rings is 1. The van der Waals surface area contributed by atoms with E-state index in [-0.39, 0.29) is 43.6 Å². The number of hydrogen-bond acceptors (Lipinski definition) is 9. The highest BCUT2D eigenvalue weighted by Gasteiger charge is 2.72. The van der Waals surface area contributed by atoms with Gasteiger partial charge in [-0.15, -0.1) is 0 Å². The van der Waals surface area contributed by atoms with Crippen molar-refractivity contribution in [2.75, 3.05) is 42.1 Å². The summed E-state index contributed by atoms with van der Waals surface area (Å²) in [6.07, 6.45) is 0.442. The SMILES string of the molecule is Cn1c(=O)n(C2CCC(=O)NC2=O)c2cccc(N3CC(F)(F)C34CN(CC3CCC(N=Cc5cc(NC(=O)c6cccc(C(F)(F)F)n6)ccc5N)CC3)C4)c21. The summed E-state index contributed by atoms with van der Waals surface area (Å²) in [4.78, 5) is 62.5. The number of nitrogens with two attached hydrogens (primary N) is 1. The van der Waals surface area contributed by atoms with Crippen LogP contribution in [-0.2, 0) is 22.8 Å². The zero-order valence-corrected chi connectivity index (χ0v) is 30.9. The van der Waals surface area contributed by atoms with E-state index in [9.17, 15) is 32.3 Å². The molecule has 0 radical (unpaired) electrons. The smallest absolute Gasteiger partial charge is 0.398 e. The van der Waals surface area contributed by atoms with Crippen LogP contribution in [0.15, 0.2) is 64.4 Å². The summed E-state index contributed by atoms with van der Waals surface area (Å²) in [6, 6.07) is 12.0.